The molecular formula is C24H28N8O2S. The van der Waals surface area contributed by atoms with Gasteiger partial charge < -0.3 is 20.1 Å². The van der Waals surface area contributed by atoms with Crippen LogP contribution in [0.4, 0.5) is 17.5 Å². The molecule has 11 heteroatoms. The van der Waals surface area contributed by atoms with Gasteiger partial charge in [0.05, 0.1) is 11.2 Å². The second-order valence-corrected chi connectivity index (χ2v) is 10.6. The van der Waals surface area contributed by atoms with Crippen molar-refractivity contribution in [2.45, 2.75) is 11.4 Å². The van der Waals surface area contributed by atoms with E-state index in [4.69, 9.17) is 0 Å². The number of benzene rings is 2. The highest BCUT2D eigenvalue weighted by molar-refractivity contribution is 7.89. The van der Waals surface area contributed by atoms with E-state index in [0.29, 0.717) is 48.3 Å². The number of imidazole rings is 1. The molecule has 0 radical (unpaired) electrons. The summed E-state index contributed by atoms with van der Waals surface area (Å²) in [5, 5.41) is 6.55. The highest BCUT2D eigenvalue weighted by atomic mass is 32.2. The molecule has 4 aromatic rings. The van der Waals surface area contributed by atoms with E-state index in [1.54, 1.807) is 34.9 Å². The Hall–Kier alpha value is -3.54. The molecule has 2 N–H and O–H groups in total. The lowest BCUT2D eigenvalue weighted by atomic mass is 10.2. The smallest absolute Gasteiger partial charge is 0.243 e. The molecule has 3 heterocycles. The Balaban J connectivity index is 1.36. The fourth-order valence-electron chi connectivity index (χ4n) is 3.98. The van der Waals surface area contributed by atoms with E-state index in [9.17, 15) is 8.42 Å². The summed E-state index contributed by atoms with van der Waals surface area (Å²) in [4.78, 5) is 16.1. The van der Waals surface area contributed by atoms with E-state index in [1.807, 2.05) is 49.0 Å². The standard InChI is InChI=1S/C24H28N8O2S/c1-30-12-14-32(15-13-30)35(33,34)20-10-8-19(9-11-20)27-24-28-22(21-23(29-24)31(2)17-26-21)25-16-18-6-4-3-5-7-18/h3-11,17H,12-16H2,1-2H3,(H2,25,27,28,29). The molecule has 2 aromatic heterocycles. The third-order valence-corrected chi connectivity index (χ3v) is 7.99. The molecule has 0 unspecified atom stereocenters. The van der Waals surface area contributed by atoms with Crippen LogP contribution in [0.5, 0.6) is 0 Å². The van der Waals surface area contributed by atoms with E-state index in [-0.39, 0.29) is 4.90 Å². The SMILES string of the molecule is CN1CCN(S(=O)(=O)c2ccc(Nc3nc(NCc4ccccc4)c4ncn(C)c4n3)cc2)CC1. The van der Waals surface area contributed by atoms with Crippen molar-refractivity contribution in [3.05, 3.63) is 66.5 Å². The minimum absolute atomic E-state index is 0.279. The number of aryl methyl sites for hydroxylation is 1. The molecule has 10 nitrogen and oxygen atoms in total. The largest absolute Gasteiger partial charge is 0.364 e. The molecule has 0 aliphatic carbocycles. The zero-order valence-electron chi connectivity index (χ0n) is 19.7. The van der Waals surface area contributed by atoms with Gasteiger partial charge in [0.1, 0.15) is 0 Å². The molecular weight excluding hydrogens is 464 g/mol. The van der Waals surface area contributed by atoms with Crippen LogP contribution >= 0.6 is 0 Å². The summed E-state index contributed by atoms with van der Waals surface area (Å²) in [5.74, 6) is 1.02. The molecule has 1 fully saturated rings. The number of likely N-dealkylation sites (N-methyl/N-ethyl adjacent to an activating group) is 1. The molecule has 0 bridgehead atoms. The van der Waals surface area contributed by atoms with Gasteiger partial charge >= 0.3 is 0 Å². The molecule has 182 valence electrons. The van der Waals surface area contributed by atoms with Crippen LogP contribution in [-0.4, -0.2) is 70.4 Å². The zero-order valence-corrected chi connectivity index (χ0v) is 20.5. The number of sulfonamides is 1. The molecule has 0 amide bonds. The Labute approximate surface area is 204 Å². The zero-order chi connectivity index (χ0) is 24.4. The first kappa shape index (κ1) is 23.2. The Morgan fingerprint density at radius 2 is 1.63 bits per heavy atom. The van der Waals surface area contributed by atoms with Gasteiger partial charge in [0.15, 0.2) is 17.0 Å². The number of hydrogen-bond donors (Lipinski definition) is 2. The van der Waals surface area contributed by atoms with Gasteiger partial charge in [-0.3, -0.25) is 0 Å². The molecule has 0 atom stereocenters. The molecule has 5 rings (SSSR count). The number of anilines is 3. The summed E-state index contributed by atoms with van der Waals surface area (Å²) >= 11 is 0. The molecule has 0 spiro atoms. The van der Waals surface area contributed by atoms with Gasteiger partial charge in [0.2, 0.25) is 16.0 Å². The van der Waals surface area contributed by atoms with E-state index in [2.05, 4.69) is 30.5 Å². The van der Waals surface area contributed by atoms with Crippen LogP contribution in [0.2, 0.25) is 0 Å². The number of nitrogens with zero attached hydrogens (tertiary/aromatic N) is 6. The predicted octanol–water partition coefficient (Wildman–Crippen LogP) is 2.66. The minimum Gasteiger partial charge on any atom is -0.364 e. The quantitative estimate of drug-likeness (QED) is 0.405. The third kappa shape index (κ3) is 4.97. The van der Waals surface area contributed by atoms with E-state index < -0.39 is 10.0 Å². The first-order valence-corrected chi connectivity index (χ1v) is 12.9. The normalized spacial score (nSPS) is 15.4. The molecule has 1 saturated heterocycles. The highest BCUT2D eigenvalue weighted by Crippen LogP contribution is 2.24. The highest BCUT2D eigenvalue weighted by Gasteiger charge is 2.27. The molecule has 1 aliphatic rings. The maximum Gasteiger partial charge on any atom is 0.243 e. The van der Waals surface area contributed by atoms with Gasteiger partial charge in [-0.1, -0.05) is 30.3 Å². The Morgan fingerprint density at radius 1 is 0.914 bits per heavy atom. The molecule has 2 aromatic carbocycles. The summed E-state index contributed by atoms with van der Waals surface area (Å²) in [6.07, 6.45) is 1.70. The lowest BCUT2D eigenvalue weighted by Crippen LogP contribution is -2.46. The third-order valence-electron chi connectivity index (χ3n) is 6.07. The van der Waals surface area contributed by atoms with Gasteiger partial charge in [-0.2, -0.15) is 14.3 Å². The monoisotopic (exact) mass is 492 g/mol. The summed E-state index contributed by atoms with van der Waals surface area (Å²) in [6.45, 7) is 3.05. The molecule has 0 saturated carbocycles. The second kappa shape index (κ2) is 9.61. The fourth-order valence-corrected chi connectivity index (χ4v) is 5.41. The lowest BCUT2D eigenvalue weighted by molar-refractivity contribution is 0.222. The average Bonchev–Trinajstić information content (AvgIpc) is 3.24. The van der Waals surface area contributed by atoms with Crippen molar-refractivity contribution in [2.24, 2.45) is 7.05 Å². The average molecular weight is 493 g/mol. The van der Waals surface area contributed by atoms with Crippen LogP contribution < -0.4 is 10.6 Å². The number of aromatic nitrogens is 4. The minimum atomic E-state index is -3.52. The van der Waals surface area contributed by atoms with Crippen LogP contribution in [0.3, 0.4) is 0 Å². The topological polar surface area (TPSA) is 108 Å². The first-order chi connectivity index (χ1) is 16.9. The van der Waals surface area contributed by atoms with Crippen molar-refractivity contribution in [1.82, 2.24) is 28.7 Å². The van der Waals surface area contributed by atoms with Crippen molar-refractivity contribution >= 4 is 38.6 Å². The van der Waals surface area contributed by atoms with Crippen LogP contribution in [0.1, 0.15) is 5.56 Å². The van der Waals surface area contributed by atoms with Crippen LogP contribution in [-0.2, 0) is 23.6 Å². The van der Waals surface area contributed by atoms with E-state index in [1.165, 1.54) is 0 Å². The summed E-state index contributed by atoms with van der Waals surface area (Å²) in [6, 6.07) is 16.8. The van der Waals surface area contributed by atoms with E-state index in [0.717, 1.165) is 18.7 Å². The Kier molecular flexibility index (Phi) is 6.37. The van der Waals surface area contributed by atoms with Crippen LogP contribution in [0.25, 0.3) is 11.2 Å². The first-order valence-electron chi connectivity index (χ1n) is 11.4. The Morgan fingerprint density at radius 3 is 2.34 bits per heavy atom. The van der Waals surface area contributed by atoms with Gasteiger partial charge in [-0.25, -0.2) is 13.4 Å². The van der Waals surface area contributed by atoms with Gasteiger partial charge in [0, 0.05) is 45.5 Å². The number of fused-ring (bicyclic) bond motifs is 1. The number of nitrogens with one attached hydrogen (secondary N) is 2. The van der Waals surface area contributed by atoms with Crippen molar-refractivity contribution in [3.8, 4) is 0 Å². The van der Waals surface area contributed by atoms with Crippen molar-refractivity contribution < 1.29 is 8.42 Å². The summed E-state index contributed by atoms with van der Waals surface area (Å²) < 4.78 is 29.4. The van der Waals surface area contributed by atoms with Gasteiger partial charge in [0.25, 0.3) is 0 Å². The second-order valence-electron chi connectivity index (χ2n) is 8.62. The summed E-state index contributed by atoms with van der Waals surface area (Å²) in [7, 11) is 0.362. The van der Waals surface area contributed by atoms with Crippen molar-refractivity contribution in [2.75, 3.05) is 43.9 Å². The fraction of sp³-hybridized carbons (Fsp3) is 0.292. The maximum absolute atomic E-state index is 13.0. The van der Waals surface area contributed by atoms with Crippen molar-refractivity contribution in [1.29, 1.82) is 0 Å². The van der Waals surface area contributed by atoms with Crippen molar-refractivity contribution in [3.63, 3.8) is 0 Å². The van der Waals surface area contributed by atoms with Crippen LogP contribution in [0, 0.1) is 0 Å². The van der Waals surface area contributed by atoms with Gasteiger partial charge in [-0.05, 0) is 36.9 Å². The van der Waals surface area contributed by atoms with Gasteiger partial charge in [-0.15, -0.1) is 0 Å². The lowest BCUT2D eigenvalue weighted by Gasteiger charge is -2.31. The predicted molar refractivity (Wildman–Crippen MR) is 136 cm³/mol. The Bertz CT molecular complexity index is 1410. The number of hydrogen-bond acceptors (Lipinski definition) is 8. The summed E-state index contributed by atoms with van der Waals surface area (Å²) in [5.41, 5.74) is 3.19. The number of rotatable bonds is 7. The maximum atomic E-state index is 13.0. The molecule has 35 heavy (non-hydrogen) atoms. The van der Waals surface area contributed by atoms with Crippen LogP contribution in [0.15, 0.2) is 65.8 Å². The van der Waals surface area contributed by atoms with E-state index >= 15 is 0 Å². The number of piperazine rings is 1. The molecule has 1 aliphatic heterocycles.